The number of hydrogen-bond donors (Lipinski definition) is 2. The van der Waals surface area contributed by atoms with E-state index in [9.17, 15) is 9.90 Å². The molecule has 0 saturated heterocycles. The zero-order chi connectivity index (χ0) is 18.2. The fraction of sp³-hybridized carbons (Fsp3) is 0.474. The monoisotopic (exact) mass is 346 g/mol. The second kappa shape index (κ2) is 9.22. The van der Waals surface area contributed by atoms with E-state index in [1.807, 2.05) is 6.92 Å². The maximum atomic E-state index is 11.0. The average molecular weight is 346 g/mol. The number of phenolic OH excluding ortho intramolecular Hbond substituents is 1. The van der Waals surface area contributed by atoms with E-state index in [4.69, 9.17) is 9.84 Å². The van der Waals surface area contributed by atoms with Gasteiger partial charge in [-0.1, -0.05) is 25.0 Å². The predicted octanol–water partition coefficient (Wildman–Crippen LogP) is 3.02. The number of phenols is 1. The van der Waals surface area contributed by atoms with Crippen molar-refractivity contribution in [2.45, 2.75) is 39.2 Å². The molecule has 0 unspecified atom stereocenters. The van der Waals surface area contributed by atoms with E-state index in [0.717, 1.165) is 29.7 Å². The van der Waals surface area contributed by atoms with Crippen molar-refractivity contribution in [2.24, 2.45) is 13.0 Å². The van der Waals surface area contributed by atoms with Gasteiger partial charge in [-0.25, -0.2) is 0 Å². The van der Waals surface area contributed by atoms with E-state index in [2.05, 4.69) is 5.10 Å². The molecule has 1 aromatic heterocycles. The van der Waals surface area contributed by atoms with Gasteiger partial charge in [-0.3, -0.25) is 9.48 Å². The van der Waals surface area contributed by atoms with Crippen LogP contribution in [0.2, 0.25) is 0 Å². The van der Waals surface area contributed by atoms with Gasteiger partial charge in [0.2, 0.25) is 0 Å². The lowest BCUT2D eigenvalue weighted by Gasteiger charge is -2.06. The van der Waals surface area contributed by atoms with Gasteiger partial charge in [0.15, 0.2) is 0 Å². The standard InChI is InChI=1S/C11H12N2O2.C8H14O2/c1-13-11(7-14)10(6-12-13)8-2-4-9(15)5-3-8;1-2-10-8(9)7-5-3-4-6-7/h2-6,14-15H,7H2,1H3;7H,2-6H2,1H3. The molecule has 0 atom stereocenters. The molecule has 6 nitrogen and oxygen atoms in total. The van der Waals surface area contributed by atoms with Crippen LogP contribution in [-0.2, 0) is 23.2 Å². The predicted molar refractivity (Wildman–Crippen MR) is 94.8 cm³/mol. The molecule has 25 heavy (non-hydrogen) atoms. The molecule has 6 heteroatoms. The molecule has 3 rings (SSSR count). The van der Waals surface area contributed by atoms with Gasteiger partial charge in [-0.15, -0.1) is 0 Å². The van der Waals surface area contributed by atoms with Crippen LogP contribution < -0.4 is 0 Å². The number of ether oxygens (including phenoxy) is 1. The molecule has 136 valence electrons. The van der Waals surface area contributed by atoms with Gasteiger partial charge in [0.25, 0.3) is 0 Å². The molecule has 0 spiro atoms. The summed E-state index contributed by atoms with van der Waals surface area (Å²) in [6, 6.07) is 6.82. The molecule has 2 aromatic rings. The van der Waals surface area contributed by atoms with Crippen LogP contribution in [-0.4, -0.2) is 32.6 Å². The van der Waals surface area contributed by atoms with Gasteiger partial charge in [-0.05, 0) is 37.5 Å². The van der Waals surface area contributed by atoms with Crippen molar-refractivity contribution in [3.63, 3.8) is 0 Å². The minimum absolute atomic E-state index is 0.0139. The van der Waals surface area contributed by atoms with E-state index in [1.54, 1.807) is 42.2 Å². The molecule has 0 amide bonds. The number of hydrogen-bond acceptors (Lipinski definition) is 5. The molecule has 1 fully saturated rings. The van der Waals surface area contributed by atoms with Gasteiger partial charge in [0.1, 0.15) is 5.75 Å². The zero-order valence-corrected chi connectivity index (χ0v) is 14.8. The van der Waals surface area contributed by atoms with Crippen molar-refractivity contribution in [1.29, 1.82) is 0 Å². The Morgan fingerprint density at radius 2 is 1.92 bits per heavy atom. The minimum Gasteiger partial charge on any atom is -0.508 e. The van der Waals surface area contributed by atoms with E-state index in [0.29, 0.717) is 6.61 Å². The Morgan fingerprint density at radius 3 is 2.48 bits per heavy atom. The van der Waals surface area contributed by atoms with Crippen LogP contribution in [0, 0.1) is 5.92 Å². The lowest BCUT2D eigenvalue weighted by Crippen LogP contribution is -2.13. The third-order valence-corrected chi connectivity index (χ3v) is 4.36. The maximum absolute atomic E-state index is 11.0. The summed E-state index contributed by atoms with van der Waals surface area (Å²) in [5.41, 5.74) is 2.59. The van der Waals surface area contributed by atoms with Crippen molar-refractivity contribution in [2.75, 3.05) is 6.61 Å². The molecule has 1 heterocycles. The van der Waals surface area contributed by atoms with Crippen LogP contribution in [0.25, 0.3) is 11.1 Å². The fourth-order valence-electron chi connectivity index (χ4n) is 2.95. The molecule has 0 aliphatic heterocycles. The smallest absolute Gasteiger partial charge is 0.308 e. The van der Waals surface area contributed by atoms with Crippen molar-refractivity contribution in [1.82, 2.24) is 9.78 Å². The molecule has 0 radical (unpaired) electrons. The number of aliphatic hydroxyl groups excluding tert-OH is 1. The second-order valence-corrected chi connectivity index (χ2v) is 6.07. The third kappa shape index (κ3) is 5.06. The van der Waals surface area contributed by atoms with Gasteiger partial charge in [-0.2, -0.15) is 5.10 Å². The topological polar surface area (TPSA) is 84.6 Å². The maximum Gasteiger partial charge on any atom is 0.308 e. The van der Waals surface area contributed by atoms with Gasteiger partial charge >= 0.3 is 5.97 Å². The van der Waals surface area contributed by atoms with E-state index >= 15 is 0 Å². The number of aromatic nitrogens is 2. The molecule has 0 bridgehead atoms. The first kappa shape index (κ1) is 19.0. The Labute approximate surface area is 148 Å². The Kier molecular flexibility index (Phi) is 7.01. The second-order valence-electron chi connectivity index (χ2n) is 6.07. The van der Waals surface area contributed by atoms with Crippen LogP contribution in [0.4, 0.5) is 0 Å². The summed E-state index contributed by atoms with van der Waals surface area (Å²) in [4.78, 5) is 11.0. The SMILES string of the molecule is CCOC(=O)C1CCCC1.Cn1ncc(-c2ccc(O)cc2)c1CO. The summed E-state index contributed by atoms with van der Waals surface area (Å²) in [5.74, 6) is 0.466. The average Bonchev–Trinajstić information content (AvgIpc) is 3.26. The molecule has 1 aliphatic carbocycles. The number of rotatable bonds is 4. The highest BCUT2D eigenvalue weighted by atomic mass is 16.5. The summed E-state index contributed by atoms with van der Waals surface area (Å²) in [6.07, 6.45) is 6.18. The summed E-state index contributed by atoms with van der Waals surface area (Å²) in [6.45, 7) is 2.33. The van der Waals surface area contributed by atoms with Crippen molar-refractivity contribution in [3.8, 4) is 16.9 Å². The number of carbonyl (C=O) groups excluding carboxylic acids is 1. The number of esters is 1. The Bertz CT molecular complexity index is 673. The largest absolute Gasteiger partial charge is 0.508 e. The highest BCUT2D eigenvalue weighted by Crippen LogP contribution is 2.26. The van der Waals surface area contributed by atoms with Crippen LogP contribution in [0.3, 0.4) is 0 Å². The summed E-state index contributed by atoms with van der Waals surface area (Å²) in [7, 11) is 1.79. The quantitative estimate of drug-likeness (QED) is 0.831. The first-order valence-electron chi connectivity index (χ1n) is 8.64. The van der Waals surface area contributed by atoms with Crippen LogP contribution in [0.15, 0.2) is 30.5 Å². The first-order chi connectivity index (χ1) is 12.1. The lowest BCUT2D eigenvalue weighted by molar-refractivity contribution is -0.147. The van der Waals surface area contributed by atoms with E-state index in [-0.39, 0.29) is 24.2 Å². The molecule has 1 aromatic carbocycles. The molecule has 2 N–H and O–H groups in total. The Morgan fingerprint density at radius 1 is 1.28 bits per heavy atom. The zero-order valence-electron chi connectivity index (χ0n) is 14.8. The molecular weight excluding hydrogens is 320 g/mol. The van der Waals surface area contributed by atoms with Gasteiger partial charge in [0, 0.05) is 12.6 Å². The Hall–Kier alpha value is -2.34. The fourth-order valence-corrected chi connectivity index (χ4v) is 2.95. The van der Waals surface area contributed by atoms with Crippen molar-refractivity contribution < 1.29 is 19.7 Å². The molecule has 1 saturated carbocycles. The number of benzene rings is 1. The lowest BCUT2D eigenvalue weighted by atomic mass is 10.1. The summed E-state index contributed by atoms with van der Waals surface area (Å²) >= 11 is 0. The minimum atomic E-state index is -0.0489. The number of nitrogens with zero attached hydrogens (tertiary/aromatic N) is 2. The van der Waals surface area contributed by atoms with Crippen LogP contribution in [0.5, 0.6) is 5.75 Å². The van der Waals surface area contributed by atoms with Gasteiger partial charge < -0.3 is 14.9 Å². The normalized spacial score (nSPS) is 14.0. The number of aliphatic hydroxyl groups is 1. The van der Waals surface area contributed by atoms with Crippen LogP contribution in [0.1, 0.15) is 38.3 Å². The molecular formula is C19H26N2O4. The number of aryl methyl sites for hydroxylation is 1. The third-order valence-electron chi connectivity index (χ3n) is 4.36. The van der Waals surface area contributed by atoms with Gasteiger partial charge in [0.05, 0.1) is 31.0 Å². The first-order valence-corrected chi connectivity index (χ1v) is 8.64. The van der Waals surface area contributed by atoms with Crippen LogP contribution >= 0.6 is 0 Å². The summed E-state index contributed by atoms with van der Waals surface area (Å²) < 4.78 is 6.53. The Balaban J connectivity index is 0.000000196. The highest BCUT2D eigenvalue weighted by Gasteiger charge is 2.23. The van der Waals surface area contributed by atoms with Crippen molar-refractivity contribution >= 4 is 5.97 Å². The number of carbonyl (C=O) groups is 1. The molecule has 1 aliphatic rings. The highest BCUT2D eigenvalue weighted by molar-refractivity contribution is 5.72. The summed E-state index contributed by atoms with van der Waals surface area (Å²) in [5, 5.41) is 22.4. The number of aromatic hydroxyl groups is 1. The van der Waals surface area contributed by atoms with E-state index in [1.165, 1.54) is 12.8 Å². The van der Waals surface area contributed by atoms with Crippen molar-refractivity contribution in [3.05, 3.63) is 36.2 Å². The van der Waals surface area contributed by atoms with E-state index < -0.39 is 0 Å².